The van der Waals surface area contributed by atoms with Crippen LogP contribution in [0.15, 0.2) is 28.9 Å². The molecule has 0 unspecified atom stereocenters. The highest BCUT2D eigenvalue weighted by atomic mass is 32.2. The van der Waals surface area contributed by atoms with E-state index in [1.807, 2.05) is 32.4 Å². The van der Waals surface area contributed by atoms with E-state index in [0.29, 0.717) is 6.42 Å². The average Bonchev–Trinajstić information content (AvgIpc) is 2.69. The van der Waals surface area contributed by atoms with Gasteiger partial charge in [-0.2, -0.15) is 5.10 Å². The molecule has 0 saturated carbocycles. The van der Waals surface area contributed by atoms with E-state index < -0.39 is 0 Å². The van der Waals surface area contributed by atoms with Crippen molar-refractivity contribution in [2.24, 2.45) is 7.05 Å². The van der Waals surface area contributed by atoms with Crippen LogP contribution in [0.2, 0.25) is 0 Å². The number of hydrogen-bond acceptors (Lipinski definition) is 4. The summed E-state index contributed by atoms with van der Waals surface area (Å²) in [6.07, 6.45) is 6.36. The van der Waals surface area contributed by atoms with Gasteiger partial charge >= 0.3 is 5.97 Å². The maximum absolute atomic E-state index is 11.3. The fourth-order valence-corrected chi connectivity index (χ4v) is 2.04. The van der Waals surface area contributed by atoms with Gasteiger partial charge in [0.05, 0.1) is 13.3 Å². The summed E-state index contributed by atoms with van der Waals surface area (Å²) in [6, 6.07) is 0. The largest absolute Gasteiger partial charge is 0.466 e. The van der Waals surface area contributed by atoms with Gasteiger partial charge in [-0.25, -0.2) is 4.79 Å². The maximum atomic E-state index is 11.3. The smallest absolute Gasteiger partial charge is 0.333 e. The van der Waals surface area contributed by atoms with Crippen molar-refractivity contribution >= 4 is 17.7 Å². The average molecular weight is 240 g/mol. The highest BCUT2D eigenvalue weighted by Gasteiger charge is 2.06. The van der Waals surface area contributed by atoms with Crippen LogP contribution in [-0.4, -0.2) is 28.6 Å². The Hall–Kier alpha value is -1.23. The van der Waals surface area contributed by atoms with Crippen molar-refractivity contribution in [2.45, 2.75) is 18.2 Å². The third-order valence-corrected chi connectivity index (χ3v) is 2.97. The first-order chi connectivity index (χ1) is 7.67. The van der Waals surface area contributed by atoms with Crippen LogP contribution in [-0.2, 0) is 16.6 Å². The molecule has 0 bridgehead atoms. The van der Waals surface area contributed by atoms with E-state index in [0.717, 1.165) is 16.2 Å². The molecular weight excluding hydrogens is 224 g/mol. The van der Waals surface area contributed by atoms with E-state index in [2.05, 4.69) is 9.84 Å². The molecule has 0 radical (unpaired) electrons. The highest BCUT2D eigenvalue weighted by Crippen LogP contribution is 2.17. The summed E-state index contributed by atoms with van der Waals surface area (Å²) < 4.78 is 6.43. The van der Waals surface area contributed by atoms with Crippen LogP contribution >= 0.6 is 11.8 Å². The van der Waals surface area contributed by atoms with Gasteiger partial charge in [0.15, 0.2) is 0 Å². The van der Waals surface area contributed by atoms with Crippen LogP contribution in [0.5, 0.6) is 0 Å². The third-order valence-electron chi connectivity index (χ3n) is 2.09. The summed E-state index contributed by atoms with van der Waals surface area (Å²) in [7, 11) is 3.28. The van der Waals surface area contributed by atoms with E-state index in [9.17, 15) is 4.79 Å². The zero-order valence-corrected chi connectivity index (χ0v) is 10.6. The Morgan fingerprint density at radius 2 is 2.44 bits per heavy atom. The van der Waals surface area contributed by atoms with Gasteiger partial charge in [-0.3, -0.25) is 4.68 Å². The molecule has 88 valence electrons. The van der Waals surface area contributed by atoms with Crippen molar-refractivity contribution in [3.05, 3.63) is 24.0 Å². The number of aryl methyl sites for hydroxylation is 1. The van der Waals surface area contributed by atoms with Gasteiger partial charge < -0.3 is 4.74 Å². The number of methoxy groups -OCH3 is 1. The summed E-state index contributed by atoms with van der Waals surface area (Å²) in [4.78, 5) is 12.4. The Kier molecular flexibility index (Phi) is 5.11. The molecule has 0 fully saturated rings. The predicted molar refractivity (Wildman–Crippen MR) is 64.3 cm³/mol. The monoisotopic (exact) mass is 240 g/mol. The van der Waals surface area contributed by atoms with Crippen LogP contribution in [0.25, 0.3) is 0 Å². The maximum Gasteiger partial charge on any atom is 0.333 e. The van der Waals surface area contributed by atoms with Gasteiger partial charge in [0.25, 0.3) is 0 Å². The zero-order chi connectivity index (χ0) is 12.0. The molecule has 0 aliphatic carbocycles. The summed E-state index contributed by atoms with van der Waals surface area (Å²) in [5, 5.41) is 4.07. The van der Waals surface area contributed by atoms with Gasteiger partial charge in [-0.05, 0) is 6.42 Å². The second kappa shape index (κ2) is 6.37. The summed E-state index contributed by atoms with van der Waals surface area (Å²) in [6.45, 7) is 1.94. The molecule has 1 heterocycles. The molecule has 0 aliphatic heterocycles. The molecule has 0 aliphatic rings. The molecule has 1 aromatic rings. The van der Waals surface area contributed by atoms with E-state index in [4.69, 9.17) is 0 Å². The third kappa shape index (κ3) is 3.73. The standard InChI is InChI=1S/C11H16N2O2S/c1-4-9(11(14)15-3)5-6-16-10-7-12-13(2)8-10/h5,7-8H,4,6H2,1-3H3. The first-order valence-corrected chi connectivity index (χ1v) is 6.04. The second-order valence-electron chi connectivity index (χ2n) is 3.24. The first kappa shape index (κ1) is 12.8. The lowest BCUT2D eigenvalue weighted by Gasteiger charge is -2.01. The fourth-order valence-electron chi connectivity index (χ4n) is 1.21. The van der Waals surface area contributed by atoms with Crippen molar-refractivity contribution in [3.63, 3.8) is 0 Å². The van der Waals surface area contributed by atoms with Crippen LogP contribution in [0.3, 0.4) is 0 Å². The van der Waals surface area contributed by atoms with Gasteiger partial charge in [-0.15, -0.1) is 11.8 Å². The van der Waals surface area contributed by atoms with Crippen LogP contribution < -0.4 is 0 Å². The molecule has 4 nitrogen and oxygen atoms in total. The van der Waals surface area contributed by atoms with Crippen molar-refractivity contribution in [1.29, 1.82) is 0 Å². The SMILES string of the molecule is CCC(=CCSc1cnn(C)c1)C(=O)OC. The number of aromatic nitrogens is 2. The minimum Gasteiger partial charge on any atom is -0.466 e. The highest BCUT2D eigenvalue weighted by molar-refractivity contribution is 7.99. The van der Waals surface area contributed by atoms with Crippen LogP contribution in [0.1, 0.15) is 13.3 Å². The zero-order valence-electron chi connectivity index (χ0n) is 9.77. The Bertz CT molecular complexity index is 385. The summed E-state index contributed by atoms with van der Waals surface area (Å²) in [5.41, 5.74) is 0.721. The van der Waals surface area contributed by atoms with Crippen LogP contribution in [0.4, 0.5) is 0 Å². The lowest BCUT2D eigenvalue weighted by atomic mass is 10.2. The molecule has 0 N–H and O–H groups in total. The summed E-state index contributed by atoms with van der Waals surface area (Å²) in [5.74, 6) is 0.513. The fraction of sp³-hybridized carbons (Fsp3) is 0.455. The number of thioether (sulfide) groups is 1. The van der Waals surface area contributed by atoms with Gasteiger partial charge in [0.2, 0.25) is 0 Å². The van der Waals surface area contributed by atoms with Crippen molar-refractivity contribution in [1.82, 2.24) is 9.78 Å². The molecule has 0 atom stereocenters. The molecule has 1 rings (SSSR count). The van der Waals surface area contributed by atoms with Gasteiger partial charge in [-0.1, -0.05) is 13.0 Å². The van der Waals surface area contributed by atoms with Gasteiger partial charge in [0, 0.05) is 29.5 Å². The number of nitrogens with zero attached hydrogens (tertiary/aromatic N) is 2. The molecular formula is C11H16N2O2S. The molecule has 1 aromatic heterocycles. The molecule has 16 heavy (non-hydrogen) atoms. The van der Waals surface area contributed by atoms with E-state index >= 15 is 0 Å². The number of esters is 1. The number of hydrogen-bond donors (Lipinski definition) is 0. The summed E-state index contributed by atoms with van der Waals surface area (Å²) >= 11 is 1.65. The van der Waals surface area contributed by atoms with Gasteiger partial charge in [0.1, 0.15) is 0 Å². The molecule has 0 amide bonds. The number of carbonyl (C=O) groups is 1. The van der Waals surface area contributed by atoms with Crippen molar-refractivity contribution in [2.75, 3.05) is 12.9 Å². The normalized spacial score (nSPS) is 11.6. The molecule has 0 spiro atoms. The number of ether oxygens (including phenoxy) is 1. The molecule has 0 aromatic carbocycles. The van der Waals surface area contributed by atoms with Crippen molar-refractivity contribution < 1.29 is 9.53 Å². The minimum atomic E-state index is -0.241. The Morgan fingerprint density at radius 1 is 1.69 bits per heavy atom. The molecule has 5 heteroatoms. The predicted octanol–water partition coefficient (Wildman–Crippen LogP) is 2.02. The van der Waals surface area contributed by atoms with Crippen molar-refractivity contribution in [3.8, 4) is 0 Å². The lowest BCUT2D eigenvalue weighted by Crippen LogP contribution is -2.04. The Balaban J connectivity index is 2.49. The minimum absolute atomic E-state index is 0.241. The molecule has 0 saturated heterocycles. The number of rotatable bonds is 5. The van der Waals surface area contributed by atoms with Crippen LogP contribution in [0, 0.1) is 0 Å². The topological polar surface area (TPSA) is 44.1 Å². The second-order valence-corrected chi connectivity index (χ2v) is 4.33. The number of carbonyl (C=O) groups excluding carboxylic acids is 1. The quantitative estimate of drug-likeness (QED) is 0.449. The first-order valence-electron chi connectivity index (χ1n) is 5.06. The van der Waals surface area contributed by atoms with E-state index in [-0.39, 0.29) is 5.97 Å². The van der Waals surface area contributed by atoms with E-state index in [1.54, 1.807) is 16.4 Å². The Morgan fingerprint density at radius 3 is 2.94 bits per heavy atom. The van der Waals surface area contributed by atoms with E-state index in [1.165, 1.54) is 7.11 Å². The lowest BCUT2D eigenvalue weighted by molar-refractivity contribution is -0.136. The Labute approximate surface area is 99.7 Å².